The van der Waals surface area contributed by atoms with Crippen LogP contribution in [0.15, 0.2) is 60.7 Å². The molecule has 8 nitrogen and oxygen atoms in total. The Morgan fingerprint density at radius 2 is 1.61 bits per heavy atom. The van der Waals surface area contributed by atoms with E-state index in [1.807, 2.05) is 48.5 Å². The van der Waals surface area contributed by atoms with Crippen molar-refractivity contribution in [2.75, 3.05) is 37.6 Å². The lowest BCUT2D eigenvalue weighted by atomic mass is 9.91. The van der Waals surface area contributed by atoms with E-state index in [2.05, 4.69) is 0 Å². The van der Waals surface area contributed by atoms with Crippen molar-refractivity contribution in [1.82, 2.24) is 4.90 Å². The number of amides is 3. The predicted octanol–water partition coefficient (Wildman–Crippen LogP) is 5.03. The number of benzene rings is 3. The molecule has 3 amide bonds. The third-order valence-electron chi connectivity index (χ3n) is 7.91. The molecular weight excluding hydrogens is 542 g/mol. The number of methoxy groups -OCH3 is 2. The third-order valence-corrected chi connectivity index (χ3v) is 8.16. The Morgan fingerprint density at radius 1 is 0.951 bits per heavy atom. The van der Waals surface area contributed by atoms with Gasteiger partial charge < -0.3 is 24.2 Å². The zero-order valence-electron chi connectivity index (χ0n) is 23.6. The van der Waals surface area contributed by atoms with Crippen molar-refractivity contribution >= 4 is 40.7 Å². The van der Waals surface area contributed by atoms with Gasteiger partial charge >= 0.3 is 0 Å². The van der Waals surface area contributed by atoms with E-state index in [0.29, 0.717) is 41.6 Å². The lowest BCUT2D eigenvalue weighted by molar-refractivity contribution is -0.140. The van der Waals surface area contributed by atoms with Gasteiger partial charge in [-0.05, 0) is 78.1 Å². The lowest BCUT2D eigenvalue weighted by Crippen LogP contribution is -2.53. The van der Waals surface area contributed by atoms with E-state index in [1.54, 1.807) is 48.1 Å². The fourth-order valence-corrected chi connectivity index (χ4v) is 5.69. The highest BCUT2D eigenvalue weighted by Crippen LogP contribution is 2.36. The Hall–Kier alpha value is -4.04. The van der Waals surface area contributed by atoms with E-state index in [0.717, 1.165) is 35.2 Å². The summed E-state index contributed by atoms with van der Waals surface area (Å²) in [5.74, 6) is 0.923. The fourth-order valence-electron chi connectivity index (χ4n) is 5.56. The van der Waals surface area contributed by atoms with Crippen molar-refractivity contribution in [1.29, 1.82) is 0 Å². The van der Waals surface area contributed by atoms with Crippen LogP contribution in [-0.4, -0.2) is 56.5 Å². The normalized spacial score (nSPS) is 16.7. The summed E-state index contributed by atoms with van der Waals surface area (Å²) in [6.07, 6.45) is 2.93. The molecule has 0 N–H and O–H groups in total. The summed E-state index contributed by atoms with van der Waals surface area (Å²) in [5, 5.41) is 0.597. The van der Waals surface area contributed by atoms with Crippen molar-refractivity contribution in [2.24, 2.45) is 0 Å². The zero-order chi connectivity index (χ0) is 29.1. The summed E-state index contributed by atoms with van der Waals surface area (Å²) in [7, 11) is 4.87. The first-order chi connectivity index (χ1) is 19.8. The Labute approximate surface area is 245 Å². The van der Waals surface area contributed by atoms with Gasteiger partial charge in [0.15, 0.2) is 11.5 Å². The van der Waals surface area contributed by atoms with E-state index in [1.165, 1.54) is 0 Å². The molecule has 2 heterocycles. The number of carbonyl (C=O) groups is 3. The van der Waals surface area contributed by atoms with Crippen LogP contribution in [0.3, 0.4) is 0 Å². The van der Waals surface area contributed by atoms with Crippen LogP contribution in [0.5, 0.6) is 11.5 Å². The number of anilines is 2. The minimum Gasteiger partial charge on any atom is -0.493 e. The highest BCUT2D eigenvalue weighted by molar-refractivity contribution is 6.30. The molecule has 5 rings (SSSR count). The molecule has 41 heavy (non-hydrogen) atoms. The molecule has 1 saturated heterocycles. The van der Waals surface area contributed by atoms with E-state index in [9.17, 15) is 14.4 Å². The second-order valence-corrected chi connectivity index (χ2v) is 10.9. The van der Waals surface area contributed by atoms with Gasteiger partial charge in [0.05, 0.1) is 20.6 Å². The number of piperidine rings is 1. The van der Waals surface area contributed by atoms with E-state index in [4.69, 9.17) is 21.1 Å². The maximum absolute atomic E-state index is 14.0. The molecule has 0 unspecified atom stereocenters. The van der Waals surface area contributed by atoms with Gasteiger partial charge in [-0.2, -0.15) is 0 Å². The summed E-state index contributed by atoms with van der Waals surface area (Å²) < 4.78 is 11.0. The highest BCUT2D eigenvalue weighted by Gasteiger charge is 2.37. The van der Waals surface area contributed by atoms with Crippen LogP contribution in [0, 0.1) is 0 Å². The number of halogens is 1. The molecular formula is C32H34ClN3O5. The molecule has 2 aliphatic heterocycles. The highest BCUT2D eigenvalue weighted by atomic mass is 35.5. The quantitative estimate of drug-likeness (QED) is 0.395. The first kappa shape index (κ1) is 28.5. The topological polar surface area (TPSA) is 79.4 Å². The second-order valence-electron chi connectivity index (χ2n) is 10.4. The average molecular weight is 576 g/mol. The molecule has 0 spiro atoms. The van der Waals surface area contributed by atoms with Crippen molar-refractivity contribution in [3.8, 4) is 11.5 Å². The first-order valence-corrected chi connectivity index (χ1v) is 14.1. The van der Waals surface area contributed by atoms with Crippen LogP contribution in [0.2, 0.25) is 5.02 Å². The van der Waals surface area contributed by atoms with Gasteiger partial charge in [-0.1, -0.05) is 23.7 Å². The van der Waals surface area contributed by atoms with Crippen LogP contribution in [0.1, 0.15) is 36.0 Å². The number of ether oxygens (including phenoxy) is 2. The zero-order valence-corrected chi connectivity index (χ0v) is 24.3. The van der Waals surface area contributed by atoms with E-state index < -0.39 is 6.04 Å². The minimum absolute atomic E-state index is 0.121. The second kappa shape index (κ2) is 12.2. The maximum atomic E-state index is 14.0. The van der Waals surface area contributed by atoms with Gasteiger partial charge in [0.2, 0.25) is 17.7 Å². The molecule has 0 aromatic heterocycles. The van der Waals surface area contributed by atoms with Crippen LogP contribution in [-0.2, 0) is 33.8 Å². The van der Waals surface area contributed by atoms with Crippen LogP contribution >= 0.6 is 11.6 Å². The number of carbonyl (C=O) groups excluding carboxylic acids is 3. The lowest BCUT2D eigenvalue weighted by Gasteiger charge is -2.38. The molecule has 2 aliphatic rings. The average Bonchev–Trinajstić information content (AvgIpc) is 3.00. The van der Waals surface area contributed by atoms with Crippen molar-refractivity contribution in [3.05, 3.63) is 82.4 Å². The molecule has 0 aliphatic carbocycles. The predicted molar refractivity (Wildman–Crippen MR) is 159 cm³/mol. The van der Waals surface area contributed by atoms with Crippen LogP contribution < -0.4 is 19.3 Å². The van der Waals surface area contributed by atoms with Gasteiger partial charge in [-0.3, -0.25) is 14.4 Å². The van der Waals surface area contributed by atoms with Crippen LogP contribution in [0.4, 0.5) is 11.4 Å². The summed E-state index contributed by atoms with van der Waals surface area (Å²) in [4.78, 5) is 45.1. The molecule has 1 fully saturated rings. The molecule has 0 radical (unpaired) electrons. The number of hydrogen-bond acceptors (Lipinski definition) is 5. The van der Waals surface area contributed by atoms with Gasteiger partial charge in [0.25, 0.3) is 0 Å². The van der Waals surface area contributed by atoms with Gasteiger partial charge in [0.1, 0.15) is 6.04 Å². The Bertz CT molecular complexity index is 1440. The van der Waals surface area contributed by atoms with E-state index >= 15 is 0 Å². The van der Waals surface area contributed by atoms with Gasteiger partial charge in [0, 0.05) is 49.4 Å². The molecule has 214 valence electrons. The van der Waals surface area contributed by atoms with Crippen LogP contribution in [0.25, 0.3) is 0 Å². The summed E-state index contributed by atoms with van der Waals surface area (Å²) in [6.45, 7) is 0.968. The van der Waals surface area contributed by atoms with Crippen molar-refractivity contribution < 1.29 is 23.9 Å². The standard InChI is InChI=1S/C32H34ClN3O5/c1-34(25-11-13-26(14-12-25)35-15-5-4-6-30(35)37)32(39)27-17-22-18-28(40-2)29(41-3)19-23(22)20-36(27)31(38)16-21-7-9-24(33)10-8-21/h7-14,18-19,27H,4-6,15-17,20H2,1-3H3/t27-/m0/s1. The Kier molecular flexibility index (Phi) is 8.49. The number of fused-ring (bicyclic) bond motifs is 1. The molecule has 0 saturated carbocycles. The summed E-state index contributed by atoms with van der Waals surface area (Å²) >= 11 is 6.04. The summed E-state index contributed by atoms with van der Waals surface area (Å²) in [5.41, 5.74) is 4.18. The molecule has 0 bridgehead atoms. The largest absolute Gasteiger partial charge is 0.493 e. The number of hydrogen-bond donors (Lipinski definition) is 0. The third kappa shape index (κ3) is 6.03. The number of rotatable bonds is 7. The SMILES string of the molecule is COc1cc2c(cc1OC)CN(C(=O)Cc1ccc(Cl)cc1)[C@H](C(=O)N(C)c1ccc(N3CCCCC3=O)cc1)C2. The smallest absolute Gasteiger partial charge is 0.249 e. The Balaban J connectivity index is 1.42. The molecule has 9 heteroatoms. The van der Waals surface area contributed by atoms with Crippen molar-refractivity contribution in [2.45, 2.75) is 44.7 Å². The van der Waals surface area contributed by atoms with Crippen molar-refractivity contribution in [3.63, 3.8) is 0 Å². The minimum atomic E-state index is -0.714. The summed E-state index contributed by atoms with van der Waals surface area (Å²) in [6, 6.07) is 17.6. The van der Waals surface area contributed by atoms with Gasteiger partial charge in [-0.15, -0.1) is 0 Å². The monoisotopic (exact) mass is 575 g/mol. The Morgan fingerprint density at radius 3 is 2.24 bits per heavy atom. The fraction of sp³-hybridized carbons (Fsp3) is 0.344. The van der Waals surface area contributed by atoms with Gasteiger partial charge in [-0.25, -0.2) is 0 Å². The van der Waals surface area contributed by atoms with E-state index in [-0.39, 0.29) is 30.7 Å². The molecule has 3 aromatic carbocycles. The molecule has 3 aromatic rings. The first-order valence-electron chi connectivity index (χ1n) is 13.7. The number of likely N-dealkylation sites (N-methyl/N-ethyl adjacent to an activating group) is 1. The number of nitrogens with zero attached hydrogens (tertiary/aromatic N) is 3. The molecule has 1 atom stereocenters. The maximum Gasteiger partial charge on any atom is 0.249 e.